The van der Waals surface area contributed by atoms with E-state index in [1.54, 1.807) is 16.9 Å². The van der Waals surface area contributed by atoms with Crippen LogP contribution in [0.3, 0.4) is 0 Å². The molecular weight excluding hydrogens is 290 g/mol. The number of non-ortho nitro benzene ring substituents is 1. The summed E-state index contributed by atoms with van der Waals surface area (Å²) in [6.07, 6.45) is 1.59. The third-order valence-corrected chi connectivity index (χ3v) is 2.87. The van der Waals surface area contributed by atoms with E-state index >= 15 is 0 Å². The van der Waals surface area contributed by atoms with Gasteiger partial charge in [-0.2, -0.15) is 0 Å². The number of aromatic nitrogens is 3. The summed E-state index contributed by atoms with van der Waals surface area (Å²) in [5, 5.41) is 18.0. The van der Waals surface area contributed by atoms with Crippen LogP contribution in [0.4, 0.5) is 11.5 Å². The van der Waals surface area contributed by atoms with E-state index < -0.39 is 4.92 Å². The van der Waals surface area contributed by atoms with Crippen molar-refractivity contribution in [1.82, 2.24) is 15.0 Å². The second-order valence-corrected chi connectivity index (χ2v) is 4.23. The van der Waals surface area contributed by atoms with Gasteiger partial charge in [0.25, 0.3) is 5.69 Å². The van der Waals surface area contributed by atoms with Gasteiger partial charge in [-0.05, 0) is 11.6 Å². The Hall–Kier alpha value is -1.96. The molecule has 0 aliphatic carbocycles. The van der Waals surface area contributed by atoms with Crippen molar-refractivity contribution in [2.75, 3.05) is 5.73 Å². The SMILES string of the molecule is Nc1cn(Cc2ccc([N+](=O)[O-])cc2Br)nn1. The minimum absolute atomic E-state index is 0.0405. The van der Waals surface area contributed by atoms with Crippen LogP contribution >= 0.6 is 15.9 Å². The molecule has 8 heteroatoms. The van der Waals surface area contributed by atoms with Gasteiger partial charge < -0.3 is 5.73 Å². The Morgan fingerprint density at radius 3 is 2.82 bits per heavy atom. The molecule has 2 rings (SSSR count). The normalized spacial score (nSPS) is 10.4. The number of nitrogen functional groups attached to an aromatic ring is 1. The third-order valence-electron chi connectivity index (χ3n) is 2.14. The molecule has 0 amide bonds. The van der Waals surface area contributed by atoms with E-state index in [2.05, 4.69) is 26.2 Å². The number of benzene rings is 1. The van der Waals surface area contributed by atoms with Gasteiger partial charge in [-0.1, -0.05) is 21.1 Å². The third kappa shape index (κ3) is 2.59. The lowest BCUT2D eigenvalue weighted by atomic mass is 10.2. The van der Waals surface area contributed by atoms with E-state index in [0.29, 0.717) is 16.8 Å². The van der Waals surface area contributed by atoms with Crippen LogP contribution in [0.2, 0.25) is 0 Å². The predicted molar refractivity (Wildman–Crippen MR) is 64.3 cm³/mol. The fraction of sp³-hybridized carbons (Fsp3) is 0.111. The monoisotopic (exact) mass is 297 g/mol. The number of nitro groups is 1. The molecule has 7 nitrogen and oxygen atoms in total. The summed E-state index contributed by atoms with van der Waals surface area (Å²) in [5.41, 5.74) is 6.34. The maximum absolute atomic E-state index is 10.6. The van der Waals surface area contributed by atoms with Crippen LogP contribution in [-0.4, -0.2) is 19.9 Å². The number of anilines is 1. The van der Waals surface area contributed by atoms with Crippen molar-refractivity contribution in [3.8, 4) is 0 Å². The number of hydrogen-bond acceptors (Lipinski definition) is 5. The Kier molecular flexibility index (Phi) is 3.05. The average Bonchev–Trinajstić information content (AvgIpc) is 2.67. The number of hydrogen-bond donors (Lipinski definition) is 1. The summed E-state index contributed by atoms with van der Waals surface area (Å²) in [6, 6.07) is 4.57. The van der Waals surface area contributed by atoms with Crippen molar-refractivity contribution in [3.05, 3.63) is 44.5 Å². The lowest BCUT2D eigenvalue weighted by Crippen LogP contribution is -2.01. The smallest absolute Gasteiger partial charge is 0.270 e. The first-order chi connectivity index (χ1) is 8.06. The first kappa shape index (κ1) is 11.5. The van der Waals surface area contributed by atoms with Crippen LogP contribution in [0.25, 0.3) is 0 Å². The first-order valence-electron chi connectivity index (χ1n) is 4.64. The van der Waals surface area contributed by atoms with Gasteiger partial charge in [-0.15, -0.1) is 5.10 Å². The molecule has 0 fully saturated rings. The van der Waals surface area contributed by atoms with Gasteiger partial charge >= 0.3 is 0 Å². The van der Waals surface area contributed by atoms with Crippen LogP contribution in [0, 0.1) is 10.1 Å². The standard InChI is InChI=1S/C9H8BrN5O2/c10-8-3-7(15(16)17)2-1-6(8)4-14-5-9(11)12-13-14/h1-3,5H,4,11H2. The Balaban J connectivity index is 2.25. The maximum Gasteiger partial charge on any atom is 0.270 e. The van der Waals surface area contributed by atoms with Crippen molar-refractivity contribution < 1.29 is 4.92 Å². The Labute approximate surface area is 105 Å². The molecule has 1 aromatic carbocycles. The van der Waals surface area contributed by atoms with Gasteiger partial charge in [0.15, 0.2) is 5.82 Å². The molecule has 88 valence electrons. The summed E-state index contributed by atoms with van der Waals surface area (Å²) < 4.78 is 2.21. The number of nitrogens with two attached hydrogens (primary N) is 1. The Morgan fingerprint density at radius 2 is 2.29 bits per heavy atom. The van der Waals surface area contributed by atoms with Gasteiger partial charge in [0.2, 0.25) is 0 Å². The highest BCUT2D eigenvalue weighted by Gasteiger charge is 2.09. The molecule has 2 aromatic rings. The predicted octanol–water partition coefficient (Wildman–Crippen LogP) is 1.58. The van der Waals surface area contributed by atoms with Gasteiger partial charge in [0, 0.05) is 16.6 Å². The fourth-order valence-electron chi connectivity index (χ4n) is 1.34. The van der Waals surface area contributed by atoms with Crippen LogP contribution in [0.5, 0.6) is 0 Å². The molecule has 17 heavy (non-hydrogen) atoms. The van der Waals surface area contributed by atoms with Gasteiger partial charge in [0.1, 0.15) is 0 Å². The highest BCUT2D eigenvalue weighted by molar-refractivity contribution is 9.10. The van der Waals surface area contributed by atoms with E-state index in [1.165, 1.54) is 12.1 Å². The van der Waals surface area contributed by atoms with Crippen molar-refractivity contribution in [2.45, 2.75) is 6.54 Å². The summed E-state index contributed by atoms with van der Waals surface area (Å²) >= 11 is 3.28. The molecule has 0 bridgehead atoms. The summed E-state index contributed by atoms with van der Waals surface area (Å²) in [5.74, 6) is 0.336. The number of nitrogens with zero attached hydrogens (tertiary/aromatic N) is 4. The molecule has 0 unspecified atom stereocenters. The van der Waals surface area contributed by atoms with Gasteiger partial charge in [-0.25, -0.2) is 4.68 Å². The van der Waals surface area contributed by atoms with E-state index in [1.807, 2.05) is 0 Å². The van der Waals surface area contributed by atoms with E-state index in [9.17, 15) is 10.1 Å². The molecule has 0 spiro atoms. The van der Waals surface area contributed by atoms with Crippen LogP contribution in [-0.2, 0) is 6.54 Å². The first-order valence-corrected chi connectivity index (χ1v) is 5.44. The zero-order valence-corrected chi connectivity index (χ0v) is 10.2. The minimum Gasteiger partial charge on any atom is -0.381 e. The quantitative estimate of drug-likeness (QED) is 0.685. The molecule has 0 radical (unpaired) electrons. The zero-order chi connectivity index (χ0) is 12.4. The average molecular weight is 298 g/mol. The summed E-state index contributed by atoms with van der Waals surface area (Å²) in [6.45, 7) is 0.447. The summed E-state index contributed by atoms with van der Waals surface area (Å²) in [4.78, 5) is 10.1. The van der Waals surface area contributed by atoms with Crippen LogP contribution in [0.1, 0.15) is 5.56 Å². The molecule has 0 aliphatic rings. The molecule has 0 saturated carbocycles. The van der Waals surface area contributed by atoms with Gasteiger partial charge in [-0.3, -0.25) is 10.1 Å². The van der Waals surface area contributed by atoms with Crippen LogP contribution in [0.15, 0.2) is 28.9 Å². The molecule has 0 aliphatic heterocycles. The second-order valence-electron chi connectivity index (χ2n) is 3.37. The highest BCUT2D eigenvalue weighted by Crippen LogP contribution is 2.23. The number of nitro benzene ring substituents is 1. The maximum atomic E-state index is 10.6. The lowest BCUT2D eigenvalue weighted by molar-refractivity contribution is -0.384. The Morgan fingerprint density at radius 1 is 1.53 bits per heavy atom. The van der Waals surface area contributed by atoms with E-state index in [-0.39, 0.29) is 5.69 Å². The molecule has 0 atom stereocenters. The van der Waals surface area contributed by atoms with Crippen molar-refractivity contribution in [3.63, 3.8) is 0 Å². The molecule has 2 N–H and O–H groups in total. The molecular formula is C9H8BrN5O2. The highest BCUT2D eigenvalue weighted by atomic mass is 79.9. The zero-order valence-electron chi connectivity index (χ0n) is 8.58. The van der Waals surface area contributed by atoms with E-state index in [4.69, 9.17) is 5.73 Å². The topological polar surface area (TPSA) is 99.9 Å². The number of rotatable bonds is 3. The summed E-state index contributed by atoms with van der Waals surface area (Å²) in [7, 11) is 0. The number of halogens is 1. The van der Waals surface area contributed by atoms with E-state index in [0.717, 1.165) is 5.56 Å². The molecule has 1 aromatic heterocycles. The van der Waals surface area contributed by atoms with Crippen LogP contribution < -0.4 is 5.73 Å². The Bertz CT molecular complexity index is 568. The van der Waals surface area contributed by atoms with Crippen molar-refractivity contribution >= 4 is 27.4 Å². The molecule has 1 heterocycles. The lowest BCUT2D eigenvalue weighted by Gasteiger charge is -2.03. The fourth-order valence-corrected chi connectivity index (χ4v) is 1.84. The second kappa shape index (κ2) is 4.50. The minimum atomic E-state index is -0.442. The van der Waals surface area contributed by atoms with Gasteiger partial charge in [0.05, 0.1) is 17.7 Å². The van der Waals surface area contributed by atoms with Crippen molar-refractivity contribution in [1.29, 1.82) is 0 Å². The molecule has 0 saturated heterocycles. The largest absolute Gasteiger partial charge is 0.381 e. The van der Waals surface area contributed by atoms with Crippen molar-refractivity contribution in [2.24, 2.45) is 0 Å².